The smallest absolute Gasteiger partial charge is 0.0897 e. The predicted octanol–water partition coefficient (Wildman–Crippen LogP) is 2.66. The van der Waals surface area contributed by atoms with Crippen molar-refractivity contribution < 1.29 is 14.6 Å². The minimum absolute atomic E-state index is 0.200. The van der Waals surface area contributed by atoms with Gasteiger partial charge >= 0.3 is 0 Å². The number of aliphatic hydroxyl groups excluding tert-OH is 1. The Kier molecular flexibility index (Phi) is 7.13. The van der Waals surface area contributed by atoms with Crippen LogP contribution in [0.3, 0.4) is 0 Å². The van der Waals surface area contributed by atoms with Gasteiger partial charge in [-0.25, -0.2) is 0 Å². The van der Waals surface area contributed by atoms with Crippen LogP contribution in [0.25, 0.3) is 0 Å². The zero-order valence-corrected chi connectivity index (χ0v) is 14.0. The molecule has 4 nitrogen and oxygen atoms in total. The molecule has 1 heterocycles. The molecule has 3 atom stereocenters. The average molecular weight is 358 g/mol. The summed E-state index contributed by atoms with van der Waals surface area (Å²) in [5.41, 5.74) is 1.20. The monoisotopic (exact) mass is 357 g/mol. The van der Waals surface area contributed by atoms with Crippen LogP contribution in [0.5, 0.6) is 0 Å². The lowest BCUT2D eigenvalue weighted by Gasteiger charge is -2.18. The van der Waals surface area contributed by atoms with Crippen molar-refractivity contribution in [1.29, 1.82) is 0 Å². The fraction of sp³-hybridized carbons (Fsp3) is 0.625. The number of ether oxygens (including phenoxy) is 2. The molecule has 0 saturated carbocycles. The molecule has 21 heavy (non-hydrogen) atoms. The van der Waals surface area contributed by atoms with Gasteiger partial charge in [0.15, 0.2) is 0 Å². The maximum absolute atomic E-state index is 9.93. The van der Waals surface area contributed by atoms with E-state index in [1.807, 2.05) is 12.1 Å². The molecule has 1 aliphatic rings. The summed E-state index contributed by atoms with van der Waals surface area (Å²) < 4.78 is 12.1. The molecule has 5 heteroatoms. The Morgan fingerprint density at radius 3 is 2.86 bits per heavy atom. The van der Waals surface area contributed by atoms with Gasteiger partial charge in [-0.15, -0.1) is 0 Å². The van der Waals surface area contributed by atoms with Gasteiger partial charge in [0.2, 0.25) is 0 Å². The number of rotatable bonds is 8. The molecule has 1 fully saturated rings. The molecule has 1 aromatic rings. The number of halogens is 1. The highest BCUT2D eigenvalue weighted by Crippen LogP contribution is 2.16. The Hall–Kier alpha value is -0.460. The molecule has 1 saturated heterocycles. The van der Waals surface area contributed by atoms with Gasteiger partial charge in [-0.1, -0.05) is 28.1 Å². The third kappa shape index (κ3) is 6.04. The van der Waals surface area contributed by atoms with E-state index in [2.05, 4.69) is 40.3 Å². The molecule has 0 aromatic heterocycles. The largest absolute Gasteiger partial charge is 0.389 e. The van der Waals surface area contributed by atoms with E-state index in [-0.39, 0.29) is 12.1 Å². The molecule has 3 unspecified atom stereocenters. The topological polar surface area (TPSA) is 50.7 Å². The van der Waals surface area contributed by atoms with Crippen molar-refractivity contribution in [2.75, 3.05) is 26.4 Å². The number of aliphatic hydroxyl groups is 1. The summed E-state index contributed by atoms with van der Waals surface area (Å²) >= 11 is 3.43. The Morgan fingerprint density at radius 1 is 1.43 bits per heavy atom. The van der Waals surface area contributed by atoms with Crippen molar-refractivity contribution >= 4 is 15.9 Å². The van der Waals surface area contributed by atoms with E-state index in [4.69, 9.17) is 9.47 Å². The van der Waals surface area contributed by atoms with E-state index in [1.54, 1.807) is 0 Å². The molecule has 2 rings (SSSR count). The molecule has 2 N–H and O–H groups in total. The van der Waals surface area contributed by atoms with Gasteiger partial charge < -0.3 is 19.9 Å². The van der Waals surface area contributed by atoms with Crippen molar-refractivity contribution in [2.45, 2.75) is 38.0 Å². The summed E-state index contributed by atoms with van der Waals surface area (Å²) in [5, 5.41) is 13.2. The minimum atomic E-state index is -0.496. The van der Waals surface area contributed by atoms with Gasteiger partial charge in [0, 0.05) is 23.7 Å². The van der Waals surface area contributed by atoms with E-state index < -0.39 is 6.10 Å². The zero-order valence-electron chi connectivity index (χ0n) is 12.4. The van der Waals surface area contributed by atoms with Crippen LogP contribution in [0.4, 0.5) is 0 Å². The van der Waals surface area contributed by atoms with Crippen LogP contribution in [0.2, 0.25) is 0 Å². The SMILES string of the molecule is CC(NCC(O)COCC1CCCO1)c1ccc(Br)cc1. The van der Waals surface area contributed by atoms with Crippen LogP contribution in [0, 0.1) is 0 Å². The second-order valence-electron chi connectivity index (χ2n) is 5.51. The number of nitrogens with one attached hydrogen (secondary N) is 1. The summed E-state index contributed by atoms with van der Waals surface area (Å²) in [5.74, 6) is 0. The Morgan fingerprint density at radius 2 is 2.19 bits per heavy atom. The maximum Gasteiger partial charge on any atom is 0.0897 e. The van der Waals surface area contributed by atoms with Crippen LogP contribution < -0.4 is 5.32 Å². The Balaban J connectivity index is 1.61. The van der Waals surface area contributed by atoms with Crippen LogP contribution in [0.15, 0.2) is 28.7 Å². The van der Waals surface area contributed by atoms with Crippen molar-refractivity contribution in [2.24, 2.45) is 0 Å². The van der Waals surface area contributed by atoms with Crippen LogP contribution in [-0.4, -0.2) is 43.7 Å². The third-order valence-electron chi connectivity index (χ3n) is 3.67. The summed E-state index contributed by atoms with van der Waals surface area (Å²) in [6.07, 6.45) is 1.90. The second-order valence-corrected chi connectivity index (χ2v) is 6.42. The molecule has 1 aromatic carbocycles. The van der Waals surface area contributed by atoms with E-state index in [9.17, 15) is 5.11 Å². The van der Waals surface area contributed by atoms with Crippen LogP contribution in [-0.2, 0) is 9.47 Å². The van der Waals surface area contributed by atoms with E-state index in [0.717, 1.165) is 23.9 Å². The third-order valence-corrected chi connectivity index (χ3v) is 4.20. The molecule has 118 valence electrons. The van der Waals surface area contributed by atoms with Crippen molar-refractivity contribution in [3.05, 3.63) is 34.3 Å². The summed E-state index contributed by atoms with van der Waals surface area (Å²) in [6.45, 7) is 4.37. The first-order valence-corrected chi connectivity index (χ1v) is 8.30. The predicted molar refractivity (Wildman–Crippen MR) is 86.4 cm³/mol. The Bertz CT molecular complexity index is 406. The highest BCUT2D eigenvalue weighted by molar-refractivity contribution is 9.10. The molecule has 0 aliphatic carbocycles. The van der Waals surface area contributed by atoms with Gasteiger partial charge in [-0.3, -0.25) is 0 Å². The lowest BCUT2D eigenvalue weighted by atomic mass is 10.1. The van der Waals surface area contributed by atoms with E-state index in [1.165, 1.54) is 5.56 Å². The fourth-order valence-electron chi connectivity index (χ4n) is 2.35. The second kappa shape index (κ2) is 8.86. The molecular formula is C16H24BrNO3. The van der Waals surface area contributed by atoms with Gasteiger partial charge in [-0.05, 0) is 37.5 Å². The van der Waals surface area contributed by atoms with Gasteiger partial charge in [0.1, 0.15) is 0 Å². The molecule has 0 radical (unpaired) electrons. The van der Waals surface area contributed by atoms with Gasteiger partial charge in [0.25, 0.3) is 0 Å². The lowest BCUT2D eigenvalue weighted by Crippen LogP contribution is -2.33. The Labute approximate surface area is 135 Å². The van der Waals surface area contributed by atoms with Crippen LogP contribution >= 0.6 is 15.9 Å². The summed E-state index contributed by atoms with van der Waals surface area (Å²) in [7, 11) is 0. The standard InChI is InChI=1S/C16H24BrNO3/c1-12(13-4-6-14(17)7-5-13)18-9-15(19)10-20-11-16-3-2-8-21-16/h4-7,12,15-16,18-19H,2-3,8-11H2,1H3. The number of hydrogen-bond acceptors (Lipinski definition) is 4. The van der Waals surface area contributed by atoms with Gasteiger partial charge in [0.05, 0.1) is 25.4 Å². The highest BCUT2D eigenvalue weighted by atomic mass is 79.9. The fourth-order valence-corrected chi connectivity index (χ4v) is 2.62. The molecule has 0 amide bonds. The first-order chi connectivity index (χ1) is 10.1. The highest BCUT2D eigenvalue weighted by Gasteiger charge is 2.16. The van der Waals surface area contributed by atoms with Crippen molar-refractivity contribution in [1.82, 2.24) is 5.32 Å². The zero-order chi connectivity index (χ0) is 15.1. The molecule has 0 spiro atoms. The lowest BCUT2D eigenvalue weighted by molar-refractivity contribution is -0.0168. The summed E-state index contributed by atoms with van der Waals surface area (Å²) in [4.78, 5) is 0. The first kappa shape index (κ1) is 16.9. The minimum Gasteiger partial charge on any atom is -0.389 e. The molecule has 0 bridgehead atoms. The maximum atomic E-state index is 9.93. The summed E-state index contributed by atoms with van der Waals surface area (Å²) in [6, 6.07) is 8.39. The van der Waals surface area contributed by atoms with Crippen LogP contribution in [0.1, 0.15) is 31.4 Å². The quantitative estimate of drug-likeness (QED) is 0.750. The van der Waals surface area contributed by atoms with E-state index >= 15 is 0 Å². The molecule has 1 aliphatic heterocycles. The van der Waals surface area contributed by atoms with Crippen molar-refractivity contribution in [3.8, 4) is 0 Å². The number of benzene rings is 1. The van der Waals surface area contributed by atoms with Gasteiger partial charge in [-0.2, -0.15) is 0 Å². The van der Waals surface area contributed by atoms with Crippen molar-refractivity contribution in [3.63, 3.8) is 0 Å². The van der Waals surface area contributed by atoms with E-state index in [0.29, 0.717) is 19.8 Å². The first-order valence-electron chi connectivity index (χ1n) is 7.51. The normalized spacial score (nSPS) is 21.4. The number of hydrogen-bond donors (Lipinski definition) is 2. The average Bonchev–Trinajstić information content (AvgIpc) is 2.99. The molecular weight excluding hydrogens is 334 g/mol.